The number of hydrogen-bond donors (Lipinski definition) is 2. The van der Waals surface area contributed by atoms with Gasteiger partial charge in [0.15, 0.2) is 5.75 Å². The lowest BCUT2D eigenvalue weighted by atomic mass is 10.2. The summed E-state index contributed by atoms with van der Waals surface area (Å²) in [5.41, 5.74) is 12.1. The number of hydrogen-bond acceptors (Lipinski definition) is 4. The van der Waals surface area contributed by atoms with Gasteiger partial charge < -0.3 is 20.9 Å². The molecule has 5 heteroatoms. The van der Waals surface area contributed by atoms with Crippen molar-refractivity contribution in [2.75, 3.05) is 5.73 Å². The van der Waals surface area contributed by atoms with Gasteiger partial charge in [-0.1, -0.05) is 12.1 Å². The molecule has 0 aromatic heterocycles. The third-order valence-electron chi connectivity index (χ3n) is 2.74. The van der Waals surface area contributed by atoms with E-state index in [1.165, 1.54) is 0 Å². The molecule has 4 N–H and O–H groups in total. The summed E-state index contributed by atoms with van der Waals surface area (Å²) < 4.78 is 11.3. The number of anilines is 1. The molecule has 0 atom stereocenters. The van der Waals surface area contributed by atoms with Gasteiger partial charge >= 0.3 is 0 Å². The molecule has 0 spiro atoms. The smallest absolute Gasteiger partial charge is 0.248 e. The van der Waals surface area contributed by atoms with Crippen LogP contribution in [0.3, 0.4) is 0 Å². The van der Waals surface area contributed by atoms with E-state index in [0.29, 0.717) is 28.5 Å². The summed E-state index contributed by atoms with van der Waals surface area (Å²) in [6.45, 7) is 3.84. The number of nitrogens with two attached hydrogens (primary N) is 2. The molecular weight excluding hydrogens is 268 g/mol. The lowest BCUT2D eigenvalue weighted by molar-refractivity contribution is 0.1000. The van der Waals surface area contributed by atoms with Crippen LogP contribution >= 0.6 is 0 Å². The first kappa shape index (κ1) is 14.7. The Bertz CT molecular complexity index is 654. The normalized spacial score (nSPS) is 10.4. The first-order valence-corrected chi connectivity index (χ1v) is 6.60. The maximum absolute atomic E-state index is 11.2. The van der Waals surface area contributed by atoms with Crippen molar-refractivity contribution in [3.05, 3.63) is 48.0 Å². The van der Waals surface area contributed by atoms with Crippen molar-refractivity contribution < 1.29 is 14.3 Å². The van der Waals surface area contributed by atoms with E-state index in [2.05, 4.69) is 0 Å². The molecule has 0 aliphatic carbocycles. The SMILES string of the molecule is CC(C)Oc1cccc(Oc2cccc(C(N)=O)c2)c1N. The lowest BCUT2D eigenvalue weighted by Gasteiger charge is -2.15. The van der Waals surface area contributed by atoms with Gasteiger partial charge in [-0.3, -0.25) is 4.79 Å². The summed E-state index contributed by atoms with van der Waals surface area (Å²) in [6.07, 6.45) is 0.0146. The van der Waals surface area contributed by atoms with Crippen LogP contribution in [0.5, 0.6) is 17.2 Å². The second-order valence-electron chi connectivity index (χ2n) is 4.83. The third kappa shape index (κ3) is 3.66. The van der Waals surface area contributed by atoms with E-state index in [1.54, 1.807) is 42.5 Å². The highest BCUT2D eigenvalue weighted by atomic mass is 16.5. The number of amides is 1. The molecule has 2 aromatic carbocycles. The summed E-state index contributed by atoms with van der Waals surface area (Å²) in [5, 5.41) is 0. The summed E-state index contributed by atoms with van der Waals surface area (Å²) in [5.74, 6) is 1.01. The molecule has 0 aliphatic rings. The number of rotatable bonds is 5. The second kappa shape index (κ2) is 6.17. The van der Waals surface area contributed by atoms with Crippen LogP contribution in [0.1, 0.15) is 24.2 Å². The zero-order chi connectivity index (χ0) is 15.4. The maximum atomic E-state index is 11.2. The highest BCUT2D eigenvalue weighted by molar-refractivity contribution is 5.93. The Kier molecular flexibility index (Phi) is 4.33. The zero-order valence-corrected chi connectivity index (χ0v) is 12.0. The molecule has 1 amide bonds. The minimum absolute atomic E-state index is 0.0146. The van der Waals surface area contributed by atoms with Gasteiger partial charge in [0.1, 0.15) is 17.2 Å². The van der Waals surface area contributed by atoms with Crippen LogP contribution in [0.4, 0.5) is 5.69 Å². The van der Waals surface area contributed by atoms with Crippen LogP contribution in [0, 0.1) is 0 Å². The van der Waals surface area contributed by atoms with Crippen molar-refractivity contribution in [3.8, 4) is 17.2 Å². The van der Waals surface area contributed by atoms with Crippen LogP contribution in [0.15, 0.2) is 42.5 Å². The van der Waals surface area contributed by atoms with Crippen molar-refractivity contribution in [3.63, 3.8) is 0 Å². The number of ether oxygens (including phenoxy) is 2. The van der Waals surface area contributed by atoms with Crippen molar-refractivity contribution in [2.45, 2.75) is 20.0 Å². The van der Waals surface area contributed by atoms with Crippen molar-refractivity contribution in [1.29, 1.82) is 0 Å². The Balaban J connectivity index is 2.27. The van der Waals surface area contributed by atoms with E-state index in [4.69, 9.17) is 20.9 Å². The van der Waals surface area contributed by atoms with E-state index in [9.17, 15) is 4.79 Å². The Morgan fingerprint density at radius 1 is 1.10 bits per heavy atom. The summed E-state index contributed by atoms with van der Waals surface area (Å²) >= 11 is 0. The molecular formula is C16H18N2O3. The molecule has 0 unspecified atom stereocenters. The van der Waals surface area contributed by atoms with Crippen molar-refractivity contribution >= 4 is 11.6 Å². The van der Waals surface area contributed by atoms with Gasteiger partial charge in [-0.05, 0) is 44.2 Å². The Labute approximate surface area is 123 Å². The highest BCUT2D eigenvalue weighted by Gasteiger charge is 2.10. The van der Waals surface area contributed by atoms with Gasteiger partial charge in [-0.2, -0.15) is 0 Å². The molecule has 2 rings (SSSR count). The molecule has 0 heterocycles. The van der Waals surface area contributed by atoms with Crippen LogP contribution in [0.2, 0.25) is 0 Å². The number of carbonyl (C=O) groups is 1. The number of benzene rings is 2. The lowest BCUT2D eigenvalue weighted by Crippen LogP contribution is -2.10. The van der Waals surface area contributed by atoms with Gasteiger partial charge in [-0.15, -0.1) is 0 Å². The Morgan fingerprint density at radius 2 is 1.76 bits per heavy atom. The monoisotopic (exact) mass is 286 g/mol. The molecule has 110 valence electrons. The standard InChI is InChI=1S/C16H18N2O3/c1-10(2)20-13-7-4-8-14(15(13)17)21-12-6-3-5-11(9-12)16(18)19/h3-10H,17H2,1-2H3,(H2,18,19). The number of para-hydroxylation sites is 1. The zero-order valence-electron chi connectivity index (χ0n) is 12.0. The van der Waals surface area contributed by atoms with Gasteiger partial charge in [0, 0.05) is 5.56 Å². The minimum Gasteiger partial charge on any atom is -0.489 e. The molecule has 21 heavy (non-hydrogen) atoms. The van der Waals surface area contributed by atoms with E-state index in [1.807, 2.05) is 13.8 Å². The van der Waals surface area contributed by atoms with Crippen molar-refractivity contribution in [1.82, 2.24) is 0 Å². The van der Waals surface area contributed by atoms with Gasteiger partial charge in [0.25, 0.3) is 0 Å². The quantitative estimate of drug-likeness (QED) is 0.827. The van der Waals surface area contributed by atoms with Crippen LogP contribution in [-0.4, -0.2) is 12.0 Å². The number of nitrogen functional groups attached to an aromatic ring is 1. The van der Waals surface area contributed by atoms with Crippen molar-refractivity contribution in [2.24, 2.45) is 5.73 Å². The molecule has 0 saturated carbocycles. The number of carbonyl (C=O) groups excluding carboxylic acids is 1. The predicted molar refractivity (Wildman–Crippen MR) is 81.7 cm³/mol. The largest absolute Gasteiger partial charge is 0.489 e. The Morgan fingerprint density at radius 3 is 2.43 bits per heavy atom. The average Bonchev–Trinajstić information content (AvgIpc) is 2.43. The van der Waals surface area contributed by atoms with E-state index < -0.39 is 5.91 Å². The van der Waals surface area contributed by atoms with Gasteiger partial charge in [0.05, 0.1) is 6.10 Å². The molecule has 5 nitrogen and oxygen atoms in total. The van der Waals surface area contributed by atoms with Gasteiger partial charge in [-0.25, -0.2) is 0 Å². The fourth-order valence-corrected chi connectivity index (χ4v) is 1.81. The van der Waals surface area contributed by atoms with E-state index in [0.717, 1.165) is 0 Å². The topological polar surface area (TPSA) is 87.6 Å². The average molecular weight is 286 g/mol. The van der Waals surface area contributed by atoms with E-state index >= 15 is 0 Å². The first-order chi connectivity index (χ1) is 9.97. The molecule has 0 saturated heterocycles. The predicted octanol–water partition coefficient (Wildman–Crippen LogP) is 2.95. The van der Waals surface area contributed by atoms with E-state index in [-0.39, 0.29) is 6.10 Å². The Hall–Kier alpha value is -2.69. The fraction of sp³-hybridized carbons (Fsp3) is 0.188. The third-order valence-corrected chi connectivity index (χ3v) is 2.74. The molecule has 0 fully saturated rings. The molecule has 0 aliphatic heterocycles. The van der Waals surface area contributed by atoms with Crippen LogP contribution in [-0.2, 0) is 0 Å². The molecule has 2 aromatic rings. The van der Waals surface area contributed by atoms with Gasteiger partial charge in [0.2, 0.25) is 5.91 Å². The molecule has 0 radical (unpaired) electrons. The number of primary amides is 1. The van der Waals surface area contributed by atoms with Crippen LogP contribution < -0.4 is 20.9 Å². The second-order valence-corrected chi connectivity index (χ2v) is 4.83. The fourth-order valence-electron chi connectivity index (χ4n) is 1.81. The molecule has 0 bridgehead atoms. The van der Waals surface area contributed by atoms with Crippen LogP contribution in [0.25, 0.3) is 0 Å². The summed E-state index contributed by atoms with van der Waals surface area (Å²) in [6, 6.07) is 11.9. The summed E-state index contributed by atoms with van der Waals surface area (Å²) in [7, 11) is 0. The maximum Gasteiger partial charge on any atom is 0.248 e. The minimum atomic E-state index is -0.509. The first-order valence-electron chi connectivity index (χ1n) is 6.60. The highest BCUT2D eigenvalue weighted by Crippen LogP contribution is 2.35. The summed E-state index contributed by atoms with van der Waals surface area (Å²) in [4.78, 5) is 11.2.